The van der Waals surface area contributed by atoms with E-state index in [0.29, 0.717) is 18.7 Å². The van der Waals surface area contributed by atoms with Gasteiger partial charge in [0.05, 0.1) is 6.54 Å². The molecule has 0 aromatic heterocycles. The van der Waals surface area contributed by atoms with E-state index in [2.05, 4.69) is 25.8 Å². The molecule has 1 amide bonds. The van der Waals surface area contributed by atoms with Crippen molar-refractivity contribution in [2.45, 2.75) is 19.3 Å². The molecule has 0 atom stereocenters. The predicted molar refractivity (Wildman–Crippen MR) is 82.9 cm³/mol. The van der Waals surface area contributed by atoms with Crippen LogP contribution in [0.1, 0.15) is 29.6 Å². The van der Waals surface area contributed by atoms with Crippen molar-refractivity contribution in [1.82, 2.24) is 9.80 Å². The highest BCUT2D eigenvalue weighted by Gasteiger charge is 2.29. The summed E-state index contributed by atoms with van der Waals surface area (Å²) in [6.45, 7) is 3.44. The Balaban J connectivity index is 1.79. The Kier molecular flexibility index (Phi) is 4.05. The molecule has 4 nitrogen and oxygen atoms in total. The number of amides is 1. The molecule has 2 aliphatic heterocycles. The maximum Gasteiger partial charge on any atom is 0.260 e. The number of likely N-dealkylation sites (tertiary alicyclic amines) is 1. The Labute approximate surface area is 127 Å². The molecule has 0 spiro atoms. The summed E-state index contributed by atoms with van der Waals surface area (Å²) >= 11 is 3.42. The van der Waals surface area contributed by atoms with Crippen molar-refractivity contribution in [2.75, 3.05) is 26.2 Å². The number of rotatable bonds is 1. The SMILES string of the molecule is O=C(c1cccc(Br)c1)N1CCN=C1N1CCCCC1. The topological polar surface area (TPSA) is 35.9 Å². The highest BCUT2D eigenvalue weighted by molar-refractivity contribution is 9.10. The third kappa shape index (κ3) is 2.73. The lowest BCUT2D eigenvalue weighted by Gasteiger charge is -2.32. The maximum absolute atomic E-state index is 12.6. The first kappa shape index (κ1) is 13.6. The Hall–Kier alpha value is -1.36. The number of hydrogen-bond acceptors (Lipinski definition) is 3. The number of carbonyl (C=O) groups excluding carboxylic acids is 1. The van der Waals surface area contributed by atoms with Crippen LogP contribution in [-0.2, 0) is 0 Å². The van der Waals surface area contributed by atoms with Gasteiger partial charge in [-0.05, 0) is 37.5 Å². The fraction of sp³-hybridized carbons (Fsp3) is 0.467. The Morgan fingerprint density at radius 1 is 1.15 bits per heavy atom. The zero-order chi connectivity index (χ0) is 13.9. The number of nitrogens with zero attached hydrogens (tertiary/aromatic N) is 3. The Bertz CT molecular complexity index is 538. The number of piperidine rings is 1. The summed E-state index contributed by atoms with van der Waals surface area (Å²) < 4.78 is 0.930. The summed E-state index contributed by atoms with van der Waals surface area (Å²) in [5, 5.41) is 0. The van der Waals surface area contributed by atoms with Crippen LogP contribution in [0.15, 0.2) is 33.7 Å². The van der Waals surface area contributed by atoms with E-state index in [1.54, 1.807) is 0 Å². The molecule has 0 saturated carbocycles. The lowest BCUT2D eigenvalue weighted by Crippen LogP contribution is -2.46. The van der Waals surface area contributed by atoms with Gasteiger partial charge in [-0.15, -0.1) is 0 Å². The third-order valence-electron chi connectivity index (χ3n) is 3.77. The minimum Gasteiger partial charge on any atom is -0.342 e. The molecular formula is C15H18BrN3O. The van der Waals surface area contributed by atoms with E-state index in [9.17, 15) is 4.79 Å². The predicted octanol–water partition coefficient (Wildman–Crippen LogP) is 2.75. The lowest BCUT2D eigenvalue weighted by atomic mass is 10.1. The molecule has 1 saturated heterocycles. The summed E-state index contributed by atoms with van der Waals surface area (Å²) in [5.74, 6) is 0.919. The van der Waals surface area contributed by atoms with Gasteiger partial charge in [-0.2, -0.15) is 0 Å². The van der Waals surface area contributed by atoms with Gasteiger partial charge in [0.2, 0.25) is 5.96 Å². The van der Waals surface area contributed by atoms with Crippen LogP contribution in [0.25, 0.3) is 0 Å². The highest BCUT2D eigenvalue weighted by atomic mass is 79.9. The zero-order valence-corrected chi connectivity index (χ0v) is 13.0. The molecule has 1 aromatic carbocycles. The van der Waals surface area contributed by atoms with E-state index in [-0.39, 0.29) is 5.91 Å². The average Bonchev–Trinajstić information content (AvgIpc) is 2.97. The largest absolute Gasteiger partial charge is 0.342 e. The first-order valence-electron chi connectivity index (χ1n) is 7.12. The minimum atomic E-state index is 0.0492. The van der Waals surface area contributed by atoms with Gasteiger partial charge in [0.25, 0.3) is 5.91 Å². The van der Waals surface area contributed by atoms with Gasteiger partial charge in [0.1, 0.15) is 0 Å². The van der Waals surface area contributed by atoms with Crippen LogP contribution in [0, 0.1) is 0 Å². The van der Waals surface area contributed by atoms with Crippen LogP contribution in [0.4, 0.5) is 0 Å². The van der Waals surface area contributed by atoms with Crippen molar-refractivity contribution < 1.29 is 4.79 Å². The summed E-state index contributed by atoms with van der Waals surface area (Å²) in [4.78, 5) is 21.3. The molecule has 2 heterocycles. The van der Waals surface area contributed by atoms with Crippen molar-refractivity contribution in [2.24, 2.45) is 4.99 Å². The van der Waals surface area contributed by atoms with Gasteiger partial charge < -0.3 is 4.90 Å². The van der Waals surface area contributed by atoms with Gasteiger partial charge in [-0.25, -0.2) is 0 Å². The monoisotopic (exact) mass is 335 g/mol. The van der Waals surface area contributed by atoms with Crippen LogP contribution in [-0.4, -0.2) is 47.8 Å². The molecular weight excluding hydrogens is 318 g/mol. The van der Waals surface area contributed by atoms with Gasteiger partial charge in [0, 0.05) is 29.7 Å². The van der Waals surface area contributed by atoms with E-state index in [1.165, 1.54) is 19.3 Å². The number of benzene rings is 1. The maximum atomic E-state index is 12.6. The van der Waals surface area contributed by atoms with Crippen molar-refractivity contribution in [1.29, 1.82) is 0 Å². The van der Waals surface area contributed by atoms with Gasteiger partial charge >= 0.3 is 0 Å². The Morgan fingerprint density at radius 3 is 2.70 bits per heavy atom. The number of carbonyl (C=O) groups is 1. The second-order valence-corrected chi connectivity index (χ2v) is 6.11. The molecule has 1 aromatic rings. The standard InChI is InChI=1S/C15H18BrN3O/c16-13-6-4-5-12(11-13)14(20)19-10-7-17-15(19)18-8-2-1-3-9-18/h4-6,11H,1-3,7-10H2. The summed E-state index contributed by atoms with van der Waals surface area (Å²) in [7, 11) is 0. The molecule has 0 unspecified atom stereocenters. The van der Waals surface area contributed by atoms with Crippen molar-refractivity contribution in [3.63, 3.8) is 0 Å². The van der Waals surface area contributed by atoms with Crippen molar-refractivity contribution in [3.05, 3.63) is 34.3 Å². The normalized spacial score (nSPS) is 19.1. The van der Waals surface area contributed by atoms with E-state index in [4.69, 9.17) is 0 Å². The lowest BCUT2D eigenvalue weighted by molar-refractivity contribution is 0.0841. The first-order valence-corrected chi connectivity index (χ1v) is 7.92. The average molecular weight is 336 g/mol. The van der Waals surface area contributed by atoms with Crippen LogP contribution in [0.3, 0.4) is 0 Å². The molecule has 1 fully saturated rings. The first-order chi connectivity index (χ1) is 9.75. The molecule has 5 heteroatoms. The van der Waals surface area contributed by atoms with Gasteiger partial charge in [0.15, 0.2) is 0 Å². The fourth-order valence-electron chi connectivity index (χ4n) is 2.77. The minimum absolute atomic E-state index is 0.0492. The zero-order valence-electron chi connectivity index (χ0n) is 11.4. The molecule has 2 aliphatic rings. The fourth-order valence-corrected chi connectivity index (χ4v) is 3.17. The highest BCUT2D eigenvalue weighted by Crippen LogP contribution is 2.18. The second-order valence-electron chi connectivity index (χ2n) is 5.20. The van der Waals surface area contributed by atoms with E-state index >= 15 is 0 Å². The molecule has 3 rings (SSSR count). The van der Waals surface area contributed by atoms with Crippen LogP contribution in [0.2, 0.25) is 0 Å². The molecule has 0 bridgehead atoms. The van der Waals surface area contributed by atoms with Crippen LogP contribution < -0.4 is 0 Å². The van der Waals surface area contributed by atoms with Crippen LogP contribution in [0.5, 0.6) is 0 Å². The Morgan fingerprint density at radius 2 is 1.95 bits per heavy atom. The summed E-state index contributed by atoms with van der Waals surface area (Å²) in [6, 6.07) is 7.55. The van der Waals surface area contributed by atoms with E-state index in [0.717, 1.165) is 23.5 Å². The van der Waals surface area contributed by atoms with Crippen molar-refractivity contribution in [3.8, 4) is 0 Å². The van der Waals surface area contributed by atoms with Crippen molar-refractivity contribution >= 4 is 27.8 Å². The number of aliphatic imine (C=N–C) groups is 1. The number of halogens is 1. The smallest absolute Gasteiger partial charge is 0.260 e. The van der Waals surface area contributed by atoms with Crippen LogP contribution >= 0.6 is 15.9 Å². The number of guanidine groups is 1. The molecule has 0 aliphatic carbocycles. The number of hydrogen-bond donors (Lipinski definition) is 0. The van der Waals surface area contributed by atoms with Gasteiger partial charge in [-0.3, -0.25) is 14.7 Å². The molecule has 0 radical (unpaired) electrons. The van der Waals surface area contributed by atoms with E-state index < -0.39 is 0 Å². The van der Waals surface area contributed by atoms with E-state index in [1.807, 2.05) is 29.2 Å². The van der Waals surface area contributed by atoms with Gasteiger partial charge in [-0.1, -0.05) is 22.0 Å². The molecule has 20 heavy (non-hydrogen) atoms. The quantitative estimate of drug-likeness (QED) is 0.791. The third-order valence-corrected chi connectivity index (χ3v) is 4.27. The molecule has 106 valence electrons. The summed E-state index contributed by atoms with van der Waals surface area (Å²) in [5.41, 5.74) is 0.714. The molecule has 0 N–H and O–H groups in total. The second kappa shape index (κ2) is 5.95. The summed E-state index contributed by atoms with van der Waals surface area (Å²) in [6.07, 6.45) is 3.67.